The summed E-state index contributed by atoms with van der Waals surface area (Å²) in [5.74, 6) is -0.554. The van der Waals surface area contributed by atoms with Gasteiger partial charge in [0.05, 0.1) is 5.54 Å². The number of alkyl halides is 3. The molecule has 0 aromatic heterocycles. The number of carbonyl (C=O) groups excluding carboxylic acids is 1. The highest BCUT2D eigenvalue weighted by atomic mass is 19.4. The summed E-state index contributed by atoms with van der Waals surface area (Å²) in [6, 6.07) is 5.68. The van der Waals surface area contributed by atoms with Crippen molar-refractivity contribution in [1.82, 2.24) is 5.32 Å². The van der Waals surface area contributed by atoms with Gasteiger partial charge in [0, 0.05) is 12.1 Å². The predicted octanol–water partition coefficient (Wildman–Crippen LogP) is 2.33. The number of nitrogens with two attached hydrogens (primary N) is 1. The van der Waals surface area contributed by atoms with Crippen LogP contribution >= 0.6 is 0 Å². The van der Waals surface area contributed by atoms with Gasteiger partial charge in [0.25, 0.3) is 0 Å². The van der Waals surface area contributed by atoms with Crippen LogP contribution in [0.3, 0.4) is 0 Å². The molecule has 0 aliphatic heterocycles. The molecule has 2 rings (SSSR count). The van der Waals surface area contributed by atoms with Crippen molar-refractivity contribution in [1.29, 1.82) is 0 Å². The summed E-state index contributed by atoms with van der Waals surface area (Å²) in [5.41, 5.74) is 5.21. The van der Waals surface area contributed by atoms with Gasteiger partial charge >= 0.3 is 6.36 Å². The number of hydrogen-bond donors (Lipinski definition) is 2. The Labute approximate surface area is 120 Å². The minimum absolute atomic E-state index is 0.0649. The molecule has 3 N–H and O–H groups in total. The van der Waals surface area contributed by atoms with Gasteiger partial charge in [-0.3, -0.25) is 4.79 Å². The standard InChI is InChI=1S/C14H17F3N2O2/c1-13(18,10-6-7-10)12(20)19-8-9-4-2-3-5-11(9)21-14(15,16)17/h2-5,10H,6-8,18H2,1H3,(H,19,20). The Hall–Kier alpha value is -1.76. The van der Waals surface area contributed by atoms with E-state index in [-0.39, 0.29) is 29.7 Å². The number of hydrogen-bond acceptors (Lipinski definition) is 3. The summed E-state index contributed by atoms with van der Waals surface area (Å²) in [4.78, 5) is 12.0. The largest absolute Gasteiger partial charge is 0.573 e. The van der Waals surface area contributed by atoms with Crippen molar-refractivity contribution < 1.29 is 22.7 Å². The average Bonchev–Trinajstić information content (AvgIpc) is 3.20. The van der Waals surface area contributed by atoms with Crippen molar-refractivity contribution in [3.8, 4) is 5.75 Å². The molecule has 0 spiro atoms. The highest BCUT2D eigenvalue weighted by molar-refractivity contribution is 5.86. The fraction of sp³-hybridized carbons (Fsp3) is 0.500. The van der Waals surface area contributed by atoms with E-state index in [1.54, 1.807) is 13.0 Å². The summed E-state index contributed by atoms with van der Waals surface area (Å²) in [6.45, 7) is 1.57. The number of carbonyl (C=O) groups is 1. The second-order valence-corrected chi connectivity index (χ2v) is 5.40. The zero-order valence-electron chi connectivity index (χ0n) is 11.5. The molecule has 1 fully saturated rings. The molecule has 1 aromatic carbocycles. The van der Waals surface area contributed by atoms with Crippen molar-refractivity contribution in [2.75, 3.05) is 0 Å². The minimum atomic E-state index is -4.77. The number of benzene rings is 1. The Bertz CT molecular complexity index is 525. The number of para-hydroxylation sites is 1. The molecule has 21 heavy (non-hydrogen) atoms. The molecule has 1 aliphatic rings. The molecule has 1 unspecified atom stereocenters. The van der Waals surface area contributed by atoms with E-state index in [4.69, 9.17) is 5.73 Å². The van der Waals surface area contributed by atoms with Crippen molar-refractivity contribution >= 4 is 5.91 Å². The van der Waals surface area contributed by atoms with Crippen molar-refractivity contribution in [2.24, 2.45) is 11.7 Å². The van der Waals surface area contributed by atoms with Crippen LogP contribution in [0.1, 0.15) is 25.3 Å². The summed E-state index contributed by atoms with van der Waals surface area (Å²) >= 11 is 0. The first-order valence-corrected chi connectivity index (χ1v) is 6.61. The maximum absolute atomic E-state index is 12.3. The third-order valence-electron chi connectivity index (χ3n) is 3.55. The normalized spacial score (nSPS) is 18.0. The Kier molecular flexibility index (Phi) is 4.13. The molecule has 0 radical (unpaired) electrons. The Morgan fingerprint density at radius 1 is 1.38 bits per heavy atom. The molecule has 1 saturated carbocycles. The van der Waals surface area contributed by atoms with Gasteiger partial charge in [-0.1, -0.05) is 18.2 Å². The third kappa shape index (κ3) is 4.10. The molecule has 0 saturated heterocycles. The minimum Gasteiger partial charge on any atom is -0.405 e. The molecule has 1 aromatic rings. The molecule has 0 bridgehead atoms. The van der Waals surface area contributed by atoms with E-state index in [1.165, 1.54) is 18.2 Å². The van der Waals surface area contributed by atoms with Gasteiger partial charge in [-0.2, -0.15) is 0 Å². The van der Waals surface area contributed by atoms with Crippen LogP contribution in [0.2, 0.25) is 0 Å². The Morgan fingerprint density at radius 3 is 2.57 bits per heavy atom. The smallest absolute Gasteiger partial charge is 0.405 e. The zero-order valence-corrected chi connectivity index (χ0v) is 11.5. The van der Waals surface area contributed by atoms with E-state index in [2.05, 4.69) is 10.1 Å². The maximum atomic E-state index is 12.3. The van der Waals surface area contributed by atoms with Crippen molar-refractivity contribution in [3.63, 3.8) is 0 Å². The SMILES string of the molecule is CC(N)(C(=O)NCc1ccccc1OC(F)(F)F)C1CC1. The number of amides is 1. The van der Waals surface area contributed by atoms with Gasteiger partial charge in [-0.25, -0.2) is 0 Å². The van der Waals surface area contributed by atoms with Crippen LogP contribution in [0.15, 0.2) is 24.3 Å². The first kappa shape index (κ1) is 15.6. The summed E-state index contributed by atoms with van der Waals surface area (Å²) in [5, 5.41) is 2.58. The quantitative estimate of drug-likeness (QED) is 0.877. The van der Waals surface area contributed by atoms with Crippen LogP contribution in [0, 0.1) is 5.92 Å². The lowest BCUT2D eigenvalue weighted by atomic mass is 9.96. The molecule has 1 amide bonds. The van der Waals surface area contributed by atoms with E-state index in [1.807, 2.05) is 0 Å². The first-order chi connectivity index (χ1) is 9.70. The van der Waals surface area contributed by atoms with Crippen LogP contribution in [0.4, 0.5) is 13.2 Å². The zero-order chi connectivity index (χ0) is 15.7. The average molecular weight is 302 g/mol. The molecule has 1 aliphatic carbocycles. The fourth-order valence-corrected chi connectivity index (χ4v) is 2.11. The van der Waals surface area contributed by atoms with E-state index in [0.717, 1.165) is 12.8 Å². The molecule has 116 valence electrons. The van der Waals surface area contributed by atoms with Crippen LogP contribution in [-0.2, 0) is 11.3 Å². The fourth-order valence-electron chi connectivity index (χ4n) is 2.11. The molecule has 0 heterocycles. The van der Waals surface area contributed by atoms with Crippen molar-refractivity contribution in [2.45, 2.75) is 38.2 Å². The van der Waals surface area contributed by atoms with Gasteiger partial charge in [-0.15, -0.1) is 13.2 Å². The molecular formula is C14H17F3N2O2. The molecule has 4 nitrogen and oxygen atoms in total. The number of nitrogens with one attached hydrogen (secondary N) is 1. The van der Waals surface area contributed by atoms with Gasteiger partial charge < -0.3 is 15.8 Å². The molecule has 1 atom stereocenters. The predicted molar refractivity (Wildman–Crippen MR) is 70.3 cm³/mol. The van der Waals surface area contributed by atoms with Crippen LogP contribution in [-0.4, -0.2) is 17.8 Å². The van der Waals surface area contributed by atoms with E-state index in [0.29, 0.717) is 0 Å². The topological polar surface area (TPSA) is 64.4 Å². The van der Waals surface area contributed by atoms with Crippen LogP contribution in [0.25, 0.3) is 0 Å². The van der Waals surface area contributed by atoms with E-state index >= 15 is 0 Å². The highest BCUT2D eigenvalue weighted by Crippen LogP contribution is 2.38. The molecule has 7 heteroatoms. The third-order valence-corrected chi connectivity index (χ3v) is 3.55. The summed E-state index contributed by atoms with van der Waals surface area (Å²) < 4.78 is 40.8. The molecular weight excluding hydrogens is 285 g/mol. The van der Waals surface area contributed by atoms with E-state index in [9.17, 15) is 18.0 Å². The monoisotopic (exact) mass is 302 g/mol. The van der Waals surface area contributed by atoms with Crippen LogP contribution in [0.5, 0.6) is 5.75 Å². The summed E-state index contributed by atoms with van der Waals surface area (Å²) in [7, 11) is 0. The second-order valence-electron chi connectivity index (χ2n) is 5.40. The number of rotatable bonds is 5. The lowest BCUT2D eigenvalue weighted by molar-refractivity contribution is -0.274. The van der Waals surface area contributed by atoms with Gasteiger partial charge in [-0.05, 0) is 31.7 Å². The lowest BCUT2D eigenvalue weighted by Crippen LogP contribution is -2.53. The maximum Gasteiger partial charge on any atom is 0.573 e. The van der Waals surface area contributed by atoms with Crippen LogP contribution < -0.4 is 15.8 Å². The second kappa shape index (κ2) is 5.55. The van der Waals surface area contributed by atoms with Gasteiger partial charge in [0.15, 0.2) is 0 Å². The Morgan fingerprint density at radius 2 is 2.00 bits per heavy atom. The van der Waals surface area contributed by atoms with Crippen molar-refractivity contribution in [3.05, 3.63) is 29.8 Å². The van der Waals surface area contributed by atoms with Gasteiger partial charge in [0.2, 0.25) is 5.91 Å². The summed E-state index contributed by atoms with van der Waals surface area (Å²) in [6.07, 6.45) is -2.97. The number of ether oxygens (including phenoxy) is 1. The lowest BCUT2D eigenvalue weighted by Gasteiger charge is -2.23. The van der Waals surface area contributed by atoms with E-state index < -0.39 is 11.9 Å². The number of halogens is 3. The first-order valence-electron chi connectivity index (χ1n) is 6.61. The highest BCUT2D eigenvalue weighted by Gasteiger charge is 2.44. The Balaban J connectivity index is 2.01. The van der Waals surface area contributed by atoms with Gasteiger partial charge in [0.1, 0.15) is 5.75 Å².